The van der Waals surface area contributed by atoms with E-state index < -0.39 is 6.04 Å². The number of likely N-dealkylation sites (tertiary alicyclic amines) is 1. The maximum atomic E-state index is 13.0. The predicted molar refractivity (Wildman–Crippen MR) is 124 cm³/mol. The van der Waals surface area contributed by atoms with Crippen molar-refractivity contribution < 1.29 is 9.59 Å². The molecule has 6 heteroatoms. The number of hydrogen-bond acceptors (Lipinski definition) is 4. The number of rotatable bonds is 7. The highest BCUT2D eigenvalue weighted by Crippen LogP contribution is 2.24. The maximum absolute atomic E-state index is 13.0. The van der Waals surface area contributed by atoms with E-state index in [9.17, 15) is 9.59 Å². The van der Waals surface area contributed by atoms with E-state index in [1.807, 2.05) is 72.8 Å². The molecule has 1 fully saturated rings. The SMILES string of the molecule is O=C(Nc1cccc(CSc2ccccn2)c1)C1CCCN1C(=O)Cc1ccccc1. The summed E-state index contributed by atoms with van der Waals surface area (Å²) < 4.78 is 0. The molecule has 1 atom stereocenters. The van der Waals surface area contributed by atoms with Gasteiger partial charge in [0.2, 0.25) is 11.8 Å². The van der Waals surface area contributed by atoms with Crippen LogP contribution in [0.5, 0.6) is 0 Å². The summed E-state index contributed by atoms with van der Waals surface area (Å²) in [5.41, 5.74) is 2.83. The normalized spacial score (nSPS) is 15.6. The van der Waals surface area contributed by atoms with Crippen molar-refractivity contribution in [3.63, 3.8) is 0 Å². The molecule has 1 aliphatic heterocycles. The Morgan fingerprint density at radius 1 is 1.00 bits per heavy atom. The lowest BCUT2D eigenvalue weighted by atomic mass is 10.1. The first-order valence-electron chi connectivity index (χ1n) is 10.5. The molecule has 0 spiro atoms. The summed E-state index contributed by atoms with van der Waals surface area (Å²) in [6.45, 7) is 0.629. The lowest BCUT2D eigenvalue weighted by Gasteiger charge is -2.24. The smallest absolute Gasteiger partial charge is 0.247 e. The van der Waals surface area contributed by atoms with Gasteiger partial charge in [-0.25, -0.2) is 4.98 Å². The first-order valence-corrected chi connectivity index (χ1v) is 11.4. The first-order chi connectivity index (χ1) is 15.2. The van der Waals surface area contributed by atoms with Crippen LogP contribution in [0.4, 0.5) is 5.69 Å². The van der Waals surface area contributed by atoms with Crippen LogP contribution in [0.15, 0.2) is 84.0 Å². The Hall–Kier alpha value is -3.12. The molecule has 4 rings (SSSR count). The molecule has 1 aromatic heterocycles. The highest BCUT2D eigenvalue weighted by molar-refractivity contribution is 7.98. The van der Waals surface area contributed by atoms with Crippen LogP contribution in [0.3, 0.4) is 0 Å². The third-order valence-electron chi connectivity index (χ3n) is 5.29. The largest absolute Gasteiger partial charge is 0.330 e. The summed E-state index contributed by atoms with van der Waals surface area (Å²) in [7, 11) is 0. The molecule has 1 aliphatic rings. The number of nitrogens with one attached hydrogen (secondary N) is 1. The molecule has 1 unspecified atom stereocenters. The predicted octanol–water partition coefficient (Wildman–Crippen LogP) is 4.55. The fourth-order valence-electron chi connectivity index (χ4n) is 3.76. The molecule has 0 radical (unpaired) electrons. The summed E-state index contributed by atoms with van der Waals surface area (Å²) in [5, 5.41) is 3.98. The van der Waals surface area contributed by atoms with Gasteiger partial charge in [-0.05, 0) is 48.2 Å². The topological polar surface area (TPSA) is 62.3 Å². The average Bonchev–Trinajstić information content (AvgIpc) is 3.30. The Kier molecular flexibility index (Phi) is 6.99. The van der Waals surface area contributed by atoms with Crippen molar-refractivity contribution in [2.45, 2.75) is 36.1 Å². The number of thioether (sulfide) groups is 1. The van der Waals surface area contributed by atoms with Crippen molar-refractivity contribution in [3.8, 4) is 0 Å². The van der Waals surface area contributed by atoms with Crippen molar-refractivity contribution in [2.75, 3.05) is 11.9 Å². The molecular weight excluding hydrogens is 406 g/mol. The van der Waals surface area contributed by atoms with Gasteiger partial charge in [-0.1, -0.05) is 48.5 Å². The van der Waals surface area contributed by atoms with Crippen LogP contribution < -0.4 is 5.32 Å². The monoisotopic (exact) mass is 431 g/mol. The number of hydrogen-bond donors (Lipinski definition) is 1. The second kappa shape index (κ2) is 10.3. The van der Waals surface area contributed by atoms with Gasteiger partial charge in [0.15, 0.2) is 0 Å². The molecule has 1 N–H and O–H groups in total. The quantitative estimate of drug-likeness (QED) is 0.558. The van der Waals surface area contributed by atoms with Gasteiger partial charge in [0.1, 0.15) is 6.04 Å². The summed E-state index contributed by atoms with van der Waals surface area (Å²) in [6, 6.07) is 23.0. The lowest BCUT2D eigenvalue weighted by Crippen LogP contribution is -2.43. The molecule has 0 bridgehead atoms. The second-order valence-electron chi connectivity index (χ2n) is 7.55. The Labute approximate surface area is 186 Å². The summed E-state index contributed by atoms with van der Waals surface area (Å²) >= 11 is 1.65. The van der Waals surface area contributed by atoms with E-state index in [1.165, 1.54) is 0 Å². The van der Waals surface area contributed by atoms with Crippen molar-refractivity contribution in [2.24, 2.45) is 0 Å². The van der Waals surface area contributed by atoms with Crippen molar-refractivity contribution in [3.05, 3.63) is 90.1 Å². The molecule has 3 aromatic rings. The zero-order valence-electron chi connectivity index (χ0n) is 17.2. The van der Waals surface area contributed by atoms with E-state index in [4.69, 9.17) is 0 Å². The van der Waals surface area contributed by atoms with Gasteiger partial charge in [-0.2, -0.15) is 0 Å². The molecule has 31 heavy (non-hydrogen) atoms. The van der Waals surface area contributed by atoms with Gasteiger partial charge in [0.25, 0.3) is 0 Å². The minimum Gasteiger partial charge on any atom is -0.330 e. The van der Waals surface area contributed by atoms with E-state index >= 15 is 0 Å². The molecular formula is C25H25N3O2S. The van der Waals surface area contributed by atoms with Gasteiger partial charge in [0, 0.05) is 24.2 Å². The number of carbonyl (C=O) groups is 2. The van der Waals surface area contributed by atoms with Crippen LogP contribution in [0.25, 0.3) is 0 Å². The molecule has 1 saturated heterocycles. The fraction of sp³-hybridized carbons (Fsp3) is 0.240. The lowest BCUT2D eigenvalue weighted by molar-refractivity contribution is -0.136. The van der Waals surface area contributed by atoms with Gasteiger partial charge in [0.05, 0.1) is 11.4 Å². The summed E-state index contributed by atoms with van der Waals surface area (Å²) in [6.07, 6.45) is 3.65. The zero-order valence-corrected chi connectivity index (χ0v) is 18.1. The third-order valence-corrected chi connectivity index (χ3v) is 6.31. The number of anilines is 1. The number of nitrogens with zero attached hydrogens (tertiary/aromatic N) is 2. The Bertz CT molecular complexity index is 1030. The highest BCUT2D eigenvalue weighted by Gasteiger charge is 2.33. The maximum Gasteiger partial charge on any atom is 0.247 e. The summed E-state index contributed by atoms with van der Waals surface area (Å²) in [5.74, 6) is 0.657. The Morgan fingerprint density at radius 2 is 1.81 bits per heavy atom. The minimum absolute atomic E-state index is 0.00404. The molecule has 5 nitrogen and oxygen atoms in total. The van der Waals surface area contributed by atoms with Crippen molar-refractivity contribution in [1.29, 1.82) is 0 Å². The summed E-state index contributed by atoms with van der Waals surface area (Å²) in [4.78, 5) is 31.8. The molecule has 158 valence electrons. The fourth-order valence-corrected chi connectivity index (χ4v) is 4.57. The molecule has 2 amide bonds. The van der Waals surface area contributed by atoms with E-state index in [0.29, 0.717) is 19.4 Å². The van der Waals surface area contributed by atoms with Crippen LogP contribution in [0.2, 0.25) is 0 Å². The number of amides is 2. The molecule has 0 aliphatic carbocycles. The number of pyridine rings is 1. The van der Waals surface area contributed by atoms with Crippen LogP contribution in [0.1, 0.15) is 24.0 Å². The van der Waals surface area contributed by atoms with E-state index in [0.717, 1.165) is 34.0 Å². The van der Waals surface area contributed by atoms with E-state index in [-0.39, 0.29) is 11.8 Å². The van der Waals surface area contributed by atoms with Crippen molar-refractivity contribution in [1.82, 2.24) is 9.88 Å². The van der Waals surface area contributed by atoms with Crippen LogP contribution in [-0.4, -0.2) is 34.3 Å². The zero-order chi connectivity index (χ0) is 21.5. The van der Waals surface area contributed by atoms with E-state index in [1.54, 1.807) is 22.9 Å². The van der Waals surface area contributed by atoms with Crippen LogP contribution in [-0.2, 0) is 21.8 Å². The molecule has 0 saturated carbocycles. The van der Waals surface area contributed by atoms with Crippen molar-refractivity contribution >= 4 is 29.3 Å². The number of benzene rings is 2. The second-order valence-corrected chi connectivity index (χ2v) is 8.55. The standard InChI is InChI=1S/C25H25N3O2S/c29-24(17-19-8-2-1-3-9-19)28-15-7-12-22(28)25(30)27-21-11-6-10-20(16-21)18-31-23-13-4-5-14-26-23/h1-6,8-11,13-14,16,22H,7,12,15,17-18H2,(H,27,30). The highest BCUT2D eigenvalue weighted by atomic mass is 32.2. The van der Waals surface area contributed by atoms with E-state index in [2.05, 4.69) is 10.3 Å². The number of carbonyl (C=O) groups excluding carboxylic acids is 2. The third kappa shape index (κ3) is 5.73. The van der Waals surface area contributed by atoms with Crippen LogP contribution >= 0.6 is 11.8 Å². The first kappa shape index (κ1) is 21.1. The Balaban J connectivity index is 1.36. The minimum atomic E-state index is -0.414. The Morgan fingerprint density at radius 3 is 2.61 bits per heavy atom. The molecule has 2 aromatic carbocycles. The number of aromatic nitrogens is 1. The van der Waals surface area contributed by atoms with Gasteiger partial charge < -0.3 is 10.2 Å². The molecule has 2 heterocycles. The van der Waals surface area contributed by atoms with Gasteiger partial charge in [-0.3, -0.25) is 9.59 Å². The average molecular weight is 432 g/mol. The van der Waals surface area contributed by atoms with Gasteiger partial charge >= 0.3 is 0 Å². The van der Waals surface area contributed by atoms with Gasteiger partial charge in [-0.15, -0.1) is 11.8 Å². The van der Waals surface area contributed by atoms with Crippen LogP contribution in [0, 0.1) is 0 Å².